The lowest BCUT2D eigenvalue weighted by Gasteiger charge is -2.43. The van der Waals surface area contributed by atoms with Gasteiger partial charge < -0.3 is 24.8 Å². The highest BCUT2D eigenvalue weighted by Crippen LogP contribution is 2.51. The maximum absolute atomic E-state index is 13.9. The molecule has 0 aromatic heterocycles. The molecule has 2 aromatic rings. The van der Waals surface area contributed by atoms with E-state index in [-0.39, 0.29) is 35.6 Å². The van der Waals surface area contributed by atoms with E-state index in [1.54, 1.807) is 12.1 Å². The standard InChI is InChI=1S/C32H39B2NO7/c1-5-20(14-21-12-18(3)30(36)19(4)13-21)10-11-27-28-22(6-2)15-25-29(26(28)17-33(39)42-27)32(38)35(31(25)37)24-9-7-8-23(16-24)34(40)41/h7-9,12-14,16,25-27,29,36,39-41H,5-6,10-11,15,17H2,1-4H3/b20-14+/t25-,26+,27-,29-/m1/s1. The normalized spacial score (nSPS) is 24.3. The quantitative estimate of drug-likeness (QED) is 0.216. The van der Waals surface area contributed by atoms with Crippen molar-refractivity contribution in [1.29, 1.82) is 0 Å². The number of allylic oxidation sites excluding steroid dienone is 2. The molecule has 0 spiro atoms. The maximum Gasteiger partial charge on any atom is 0.488 e. The Kier molecular flexibility index (Phi) is 8.81. The summed E-state index contributed by atoms with van der Waals surface area (Å²) in [6.45, 7) is 7.94. The summed E-state index contributed by atoms with van der Waals surface area (Å²) in [4.78, 5) is 28.8. The molecular formula is C32H39B2NO7. The van der Waals surface area contributed by atoms with E-state index in [2.05, 4.69) is 19.9 Å². The van der Waals surface area contributed by atoms with Crippen LogP contribution in [-0.2, 0) is 14.2 Å². The van der Waals surface area contributed by atoms with Gasteiger partial charge in [-0.15, -0.1) is 0 Å². The Labute approximate surface area is 248 Å². The first-order valence-electron chi connectivity index (χ1n) is 14.9. The lowest BCUT2D eigenvalue weighted by molar-refractivity contribution is -0.122. The summed E-state index contributed by atoms with van der Waals surface area (Å²) in [7, 11) is -2.75. The van der Waals surface area contributed by atoms with E-state index in [4.69, 9.17) is 4.65 Å². The monoisotopic (exact) mass is 571 g/mol. The van der Waals surface area contributed by atoms with Crippen molar-refractivity contribution >= 4 is 43.3 Å². The van der Waals surface area contributed by atoms with E-state index in [1.807, 2.05) is 26.0 Å². The minimum absolute atomic E-state index is 0.204. The first-order chi connectivity index (χ1) is 20.0. The van der Waals surface area contributed by atoms with Crippen molar-refractivity contribution in [3.05, 3.63) is 69.8 Å². The van der Waals surface area contributed by atoms with Gasteiger partial charge in [0.25, 0.3) is 0 Å². The number of anilines is 1. The van der Waals surface area contributed by atoms with Crippen LogP contribution in [0, 0.1) is 31.6 Å². The lowest BCUT2D eigenvalue weighted by Crippen LogP contribution is -2.46. The number of imide groups is 1. The number of benzene rings is 2. The molecule has 2 fully saturated rings. The van der Waals surface area contributed by atoms with Crippen molar-refractivity contribution in [3.63, 3.8) is 0 Å². The third-order valence-electron chi connectivity index (χ3n) is 9.23. The van der Waals surface area contributed by atoms with Crippen molar-refractivity contribution in [2.45, 2.75) is 72.2 Å². The van der Waals surface area contributed by atoms with E-state index in [1.165, 1.54) is 22.6 Å². The Morgan fingerprint density at radius 2 is 1.81 bits per heavy atom. The molecule has 2 amide bonds. The molecule has 0 radical (unpaired) electrons. The van der Waals surface area contributed by atoms with Crippen LogP contribution < -0.4 is 10.4 Å². The number of amides is 2. The molecule has 5 rings (SSSR count). The zero-order valence-corrected chi connectivity index (χ0v) is 24.7. The Hall–Kier alpha value is -3.17. The number of phenols is 1. The Morgan fingerprint density at radius 1 is 1.10 bits per heavy atom. The molecule has 8 nitrogen and oxygen atoms in total. The third-order valence-corrected chi connectivity index (χ3v) is 9.23. The first kappa shape index (κ1) is 30.3. The largest absolute Gasteiger partial charge is 0.507 e. The molecule has 0 unspecified atom stereocenters. The number of carbonyl (C=O) groups excluding carboxylic acids is 2. The molecule has 2 heterocycles. The fourth-order valence-electron chi connectivity index (χ4n) is 7.16. The number of rotatable bonds is 8. The maximum atomic E-state index is 13.9. The van der Waals surface area contributed by atoms with Crippen molar-refractivity contribution in [1.82, 2.24) is 0 Å². The Morgan fingerprint density at radius 3 is 2.45 bits per heavy atom. The molecule has 220 valence electrons. The van der Waals surface area contributed by atoms with E-state index in [0.717, 1.165) is 47.1 Å². The number of aryl methyl sites for hydroxylation is 2. The van der Waals surface area contributed by atoms with Gasteiger partial charge in [0.15, 0.2) is 0 Å². The van der Waals surface area contributed by atoms with Crippen LogP contribution in [0.5, 0.6) is 5.75 Å². The molecule has 2 aliphatic heterocycles. The van der Waals surface area contributed by atoms with Crippen molar-refractivity contribution in [2.24, 2.45) is 17.8 Å². The zero-order valence-electron chi connectivity index (χ0n) is 24.7. The van der Waals surface area contributed by atoms with Gasteiger partial charge in [-0.1, -0.05) is 43.2 Å². The SMILES string of the molecule is CCC1=C2[C@@H](CC/C(=C/c3cc(C)c(O)c(C)c3)CC)OB(O)C[C@@H]2[C@@H]2C(=O)N(c3cccc(B(O)O)c3)C(=O)[C@@H]2C1. The number of hydrogen-bond donors (Lipinski definition) is 4. The summed E-state index contributed by atoms with van der Waals surface area (Å²) in [5.74, 6) is -1.72. The predicted molar refractivity (Wildman–Crippen MR) is 164 cm³/mol. The fourth-order valence-corrected chi connectivity index (χ4v) is 7.16. The molecule has 0 bridgehead atoms. The highest BCUT2D eigenvalue weighted by Gasteiger charge is 2.57. The highest BCUT2D eigenvalue weighted by atomic mass is 16.5. The van der Waals surface area contributed by atoms with Crippen LogP contribution in [-0.4, -0.2) is 52.3 Å². The van der Waals surface area contributed by atoms with Crippen LogP contribution in [0.25, 0.3) is 6.08 Å². The van der Waals surface area contributed by atoms with Gasteiger partial charge in [0.05, 0.1) is 23.6 Å². The number of hydrogen-bond acceptors (Lipinski definition) is 7. The van der Waals surface area contributed by atoms with Crippen molar-refractivity contribution in [3.8, 4) is 5.75 Å². The van der Waals surface area contributed by atoms with Gasteiger partial charge in [-0.05, 0) is 110 Å². The molecule has 2 aromatic carbocycles. The van der Waals surface area contributed by atoms with Crippen LogP contribution in [0.15, 0.2) is 53.1 Å². The van der Waals surface area contributed by atoms with Crippen molar-refractivity contribution in [2.75, 3.05) is 4.90 Å². The van der Waals surface area contributed by atoms with Crippen LogP contribution in [0.1, 0.15) is 62.6 Å². The van der Waals surface area contributed by atoms with Gasteiger partial charge in [-0.3, -0.25) is 14.5 Å². The number of nitrogens with zero attached hydrogens (tertiary/aromatic N) is 1. The van der Waals surface area contributed by atoms with Crippen LogP contribution in [0.2, 0.25) is 6.32 Å². The molecule has 1 aliphatic carbocycles. The summed E-state index contributed by atoms with van der Waals surface area (Å²) in [5, 5.41) is 40.3. The highest BCUT2D eigenvalue weighted by molar-refractivity contribution is 6.58. The lowest BCUT2D eigenvalue weighted by atomic mass is 9.58. The minimum atomic E-state index is -1.71. The number of aromatic hydroxyl groups is 1. The average molecular weight is 571 g/mol. The third kappa shape index (κ3) is 5.61. The predicted octanol–water partition coefficient (Wildman–Crippen LogP) is 3.67. The average Bonchev–Trinajstić information content (AvgIpc) is 3.22. The van der Waals surface area contributed by atoms with Crippen molar-refractivity contribution < 1.29 is 34.4 Å². The van der Waals surface area contributed by atoms with Crippen LogP contribution in [0.4, 0.5) is 5.69 Å². The summed E-state index contributed by atoms with van der Waals surface area (Å²) >= 11 is 0. The van der Waals surface area contributed by atoms with Gasteiger partial charge in [-0.2, -0.15) is 0 Å². The second-order valence-corrected chi connectivity index (χ2v) is 11.8. The Bertz CT molecular complexity index is 1430. The summed E-state index contributed by atoms with van der Waals surface area (Å²) < 4.78 is 6.12. The smallest absolute Gasteiger partial charge is 0.488 e. The molecule has 4 N–H and O–H groups in total. The fraction of sp³-hybridized carbons (Fsp3) is 0.438. The van der Waals surface area contributed by atoms with Gasteiger partial charge in [0, 0.05) is 0 Å². The van der Waals surface area contributed by atoms with E-state index < -0.39 is 26.1 Å². The van der Waals surface area contributed by atoms with Gasteiger partial charge in [-0.25, -0.2) is 0 Å². The van der Waals surface area contributed by atoms with E-state index in [0.29, 0.717) is 24.3 Å². The van der Waals surface area contributed by atoms with Crippen LogP contribution >= 0.6 is 0 Å². The second-order valence-electron chi connectivity index (χ2n) is 11.8. The molecule has 42 heavy (non-hydrogen) atoms. The second kappa shape index (κ2) is 12.2. The minimum Gasteiger partial charge on any atom is -0.507 e. The summed E-state index contributed by atoms with van der Waals surface area (Å²) in [6.07, 6.45) is 5.45. The molecule has 10 heteroatoms. The molecule has 2 saturated heterocycles. The molecule has 0 saturated carbocycles. The number of phenolic OH excluding ortho intramolecular Hbond substituents is 1. The molecule has 3 aliphatic rings. The van der Waals surface area contributed by atoms with Gasteiger partial charge in [0.1, 0.15) is 5.75 Å². The zero-order chi connectivity index (χ0) is 30.3. The summed E-state index contributed by atoms with van der Waals surface area (Å²) in [6, 6.07) is 10.2. The van der Waals surface area contributed by atoms with E-state index in [9.17, 15) is 29.8 Å². The Balaban J connectivity index is 1.42. The van der Waals surface area contributed by atoms with Gasteiger partial charge >= 0.3 is 14.2 Å². The van der Waals surface area contributed by atoms with E-state index >= 15 is 0 Å². The number of carbonyl (C=O) groups is 2. The molecule has 4 atom stereocenters. The molecular weight excluding hydrogens is 532 g/mol. The van der Waals surface area contributed by atoms with Crippen LogP contribution in [0.3, 0.4) is 0 Å². The summed E-state index contributed by atoms with van der Waals surface area (Å²) in [5.41, 5.74) is 6.61. The van der Waals surface area contributed by atoms with Gasteiger partial charge in [0.2, 0.25) is 11.8 Å². The number of fused-ring (bicyclic) bond motifs is 3. The topological polar surface area (TPSA) is 128 Å². The first-order valence-corrected chi connectivity index (χ1v) is 14.9.